The Morgan fingerprint density at radius 2 is 2.11 bits per heavy atom. The highest BCUT2D eigenvalue weighted by Gasteiger charge is 2.51. The number of rotatable bonds is 3. The van der Waals surface area contributed by atoms with E-state index in [1.54, 1.807) is 10.3 Å². The lowest BCUT2D eigenvalue weighted by molar-refractivity contribution is -0.0760. The van der Waals surface area contributed by atoms with Crippen LogP contribution in [0.2, 0.25) is 0 Å². The second-order valence-electron chi connectivity index (χ2n) is 8.28. The van der Waals surface area contributed by atoms with Gasteiger partial charge in [0.15, 0.2) is 0 Å². The molecule has 1 aromatic rings. The number of hydroxylamine groups is 2. The van der Waals surface area contributed by atoms with Gasteiger partial charge in [-0.1, -0.05) is 20.8 Å². The van der Waals surface area contributed by atoms with Crippen molar-refractivity contribution >= 4 is 23.3 Å². The Kier molecular flexibility index (Phi) is 5.47. The quantitative estimate of drug-likeness (QED) is 0.791. The van der Waals surface area contributed by atoms with Gasteiger partial charge >= 0.3 is 6.09 Å². The highest BCUT2D eigenvalue weighted by atomic mass is 32.1. The highest BCUT2D eigenvalue weighted by molar-refractivity contribution is 7.09. The zero-order valence-corrected chi connectivity index (χ0v) is 17.3. The molecule has 2 amide bonds. The Hall–Kier alpha value is -1.71. The topological polar surface area (TPSA) is 86.2 Å². The van der Waals surface area contributed by atoms with Crippen molar-refractivity contribution in [1.82, 2.24) is 19.8 Å². The van der Waals surface area contributed by atoms with Crippen molar-refractivity contribution in [3.63, 3.8) is 0 Å². The number of carboxylic acid groups (broad SMARTS) is 1. The summed E-state index contributed by atoms with van der Waals surface area (Å²) in [5, 5.41) is 13.5. The number of carbonyl (C=O) groups excluding carboxylic acids is 1. The van der Waals surface area contributed by atoms with Crippen LogP contribution >= 0.6 is 11.3 Å². The molecule has 0 aliphatic carbocycles. The minimum Gasteiger partial charge on any atom is -0.465 e. The molecule has 0 spiro atoms. The summed E-state index contributed by atoms with van der Waals surface area (Å²) in [5.74, 6) is -0.343. The van der Waals surface area contributed by atoms with Gasteiger partial charge in [-0.2, -0.15) is 0 Å². The van der Waals surface area contributed by atoms with Gasteiger partial charge in [0, 0.05) is 25.0 Å². The molecular weight excluding hydrogens is 368 g/mol. The molecule has 1 aromatic heterocycles. The SMILES string of the molecule is CON(C)C(=O)c1csc([C@@H]2CN3CCC[C@@H]3C(C(C)(C)C)N2C(=O)O)n1. The number of amides is 2. The summed E-state index contributed by atoms with van der Waals surface area (Å²) in [7, 11) is 2.94. The number of thiazole rings is 1. The van der Waals surface area contributed by atoms with E-state index in [0.29, 0.717) is 11.6 Å². The Balaban J connectivity index is 1.97. The summed E-state index contributed by atoms with van der Waals surface area (Å²) in [4.78, 5) is 38.0. The van der Waals surface area contributed by atoms with Crippen LogP contribution in [0, 0.1) is 5.41 Å². The maximum absolute atomic E-state index is 12.3. The van der Waals surface area contributed by atoms with Crippen LogP contribution < -0.4 is 0 Å². The van der Waals surface area contributed by atoms with Crippen LogP contribution in [0.25, 0.3) is 0 Å². The second-order valence-corrected chi connectivity index (χ2v) is 9.17. The zero-order chi connectivity index (χ0) is 19.9. The second kappa shape index (κ2) is 7.37. The first kappa shape index (κ1) is 20.0. The van der Waals surface area contributed by atoms with E-state index in [2.05, 4.69) is 30.7 Å². The first-order chi connectivity index (χ1) is 12.6. The molecule has 1 unspecified atom stereocenters. The Labute approximate surface area is 163 Å². The van der Waals surface area contributed by atoms with Crippen LogP contribution in [-0.4, -0.2) is 76.3 Å². The molecule has 3 atom stereocenters. The molecular formula is C18H28N4O4S. The van der Waals surface area contributed by atoms with Gasteiger partial charge in [-0.05, 0) is 24.8 Å². The first-order valence-corrected chi connectivity index (χ1v) is 10.1. The van der Waals surface area contributed by atoms with E-state index in [0.717, 1.165) is 24.4 Å². The van der Waals surface area contributed by atoms with Gasteiger partial charge in [0.05, 0.1) is 13.2 Å². The van der Waals surface area contributed by atoms with Crippen LogP contribution in [0.4, 0.5) is 4.79 Å². The third-order valence-electron chi connectivity index (χ3n) is 5.52. The fourth-order valence-electron chi connectivity index (χ4n) is 4.35. The standard InChI is InChI=1S/C18H28N4O4S/c1-18(2,3)14-12-7-6-8-21(12)9-13(22(14)17(24)25)15-19-11(10-27-15)16(23)20(4)26-5/h10,12-14H,6-9H2,1-5H3,(H,24,25)/t12-,13+,14?/m1/s1. The summed E-state index contributed by atoms with van der Waals surface area (Å²) in [6, 6.07) is -0.264. The van der Waals surface area contributed by atoms with E-state index < -0.39 is 6.09 Å². The van der Waals surface area contributed by atoms with Crippen LogP contribution in [0.15, 0.2) is 5.38 Å². The van der Waals surface area contributed by atoms with Gasteiger partial charge in [0.1, 0.15) is 16.7 Å². The highest BCUT2D eigenvalue weighted by Crippen LogP contribution is 2.43. The molecule has 2 saturated heterocycles. The van der Waals surface area contributed by atoms with Crippen LogP contribution in [0.5, 0.6) is 0 Å². The summed E-state index contributed by atoms with van der Waals surface area (Å²) in [6.45, 7) is 7.88. The predicted octanol–water partition coefficient (Wildman–Crippen LogP) is 2.69. The van der Waals surface area contributed by atoms with Crippen molar-refractivity contribution < 1.29 is 19.5 Å². The van der Waals surface area contributed by atoms with Crippen molar-refractivity contribution in [3.8, 4) is 0 Å². The number of hydrogen-bond acceptors (Lipinski definition) is 6. The largest absolute Gasteiger partial charge is 0.465 e. The lowest BCUT2D eigenvalue weighted by atomic mass is 9.78. The minimum atomic E-state index is -0.927. The minimum absolute atomic E-state index is 0.124. The normalized spacial score (nSPS) is 26.1. The summed E-state index contributed by atoms with van der Waals surface area (Å²) in [5.41, 5.74) is 0.0804. The van der Waals surface area contributed by atoms with Gasteiger partial charge in [0.2, 0.25) is 0 Å². The number of aromatic nitrogens is 1. The summed E-state index contributed by atoms with van der Waals surface area (Å²) in [6.07, 6.45) is 1.17. The molecule has 0 radical (unpaired) electrons. The third-order valence-corrected chi connectivity index (χ3v) is 6.46. The number of hydrogen-bond donors (Lipinski definition) is 1. The lowest BCUT2D eigenvalue weighted by Gasteiger charge is -2.52. The molecule has 0 bridgehead atoms. The Bertz CT molecular complexity index is 716. The zero-order valence-electron chi connectivity index (χ0n) is 16.5. The molecule has 2 aliphatic heterocycles. The van der Waals surface area contributed by atoms with E-state index >= 15 is 0 Å². The molecule has 2 fully saturated rings. The molecule has 27 heavy (non-hydrogen) atoms. The molecule has 2 aliphatic rings. The van der Waals surface area contributed by atoms with Crippen LogP contribution in [-0.2, 0) is 4.84 Å². The van der Waals surface area contributed by atoms with E-state index in [9.17, 15) is 14.7 Å². The average Bonchev–Trinajstić information content (AvgIpc) is 3.26. The summed E-state index contributed by atoms with van der Waals surface area (Å²) < 4.78 is 0. The smallest absolute Gasteiger partial charge is 0.408 e. The van der Waals surface area contributed by atoms with Crippen LogP contribution in [0.1, 0.15) is 55.2 Å². The molecule has 150 valence electrons. The van der Waals surface area contributed by atoms with Crippen LogP contribution in [0.3, 0.4) is 0 Å². The van der Waals surface area contributed by atoms with Gasteiger partial charge < -0.3 is 5.11 Å². The molecule has 0 aromatic carbocycles. The molecule has 0 saturated carbocycles. The van der Waals surface area contributed by atoms with Crippen molar-refractivity contribution in [2.24, 2.45) is 5.41 Å². The van der Waals surface area contributed by atoms with E-state index in [1.807, 2.05) is 0 Å². The first-order valence-electron chi connectivity index (χ1n) is 9.18. The number of fused-ring (bicyclic) bond motifs is 1. The fraction of sp³-hybridized carbons (Fsp3) is 0.722. The van der Waals surface area contributed by atoms with Crippen molar-refractivity contribution in [3.05, 3.63) is 16.1 Å². The molecule has 3 rings (SSSR count). The van der Waals surface area contributed by atoms with E-state index in [1.165, 1.54) is 25.5 Å². The molecule has 9 heteroatoms. The number of nitrogens with zero attached hydrogens (tertiary/aromatic N) is 4. The summed E-state index contributed by atoms with van der Waals surface area (Å²) >= 11 is 1.33. The molecule has 3 heterocycles. The van der Waals surface area contributed by atoms with Gasteiger partial charge in [-0.25, -0.2) is 14.8 Å². The van der Waals surface area contributed by atoms with E-state index in [4.69, 9.17) is 4.84 Å². The maximum Gasteiger partial charge on any atom is 0.408 e. The number of carbonyl (C=O) groups is 2. The monoisotopic (exact) mass is 396 g/mol. The Morgan fingerprint density at radius 1 is 1.41 bits per heavy atom. The van der Waals surface area contributed by atoms with E-state index in [-0.39, 0.29) is 35.1 Å². The van der Waals surface area contributed by atoms with Crippen molar-refractivity contribution in [2.45, 2.75) is 51.7 Å². The predicted molar refractivity (Wildman–Crippen MR) is 102 cm³/mol. The van der Waals surface area contributed by atoms with Gasteiger partial charge in [0.25, 0.3) is 5.91 Å². The Morgan fingerprint density at radius 3 is 2.70 bits per heavy atom. The molecule has 1 N–H and O–H groups in total. The van der Waals surface area contributed by atoms with Gasteiger partial charge in [-0.15, -0.1) is 11.3 Å². The third kappa shape index (κ3) is 3.68. The lowest BCUT2D eigenvalue weighted by Crippen LogP contribution is -2.63. The fourth-order valence-corrected chi connectivity index (χ4v) is 5.23. The molecule has 8 nitrogen and oxygen atoms in total. The van der Waals surface area contributed by atoms with Crippen molar-refractivity contribution in [2.75, 3.05) is 27.2 Å². The van der Waals surface area contributed by atoms with Crippen molar-refractivity contribution in [1.29, 1.82) is 0 Å². The average molecular weight is 397 g/mol. The van der Waals surface area contributed by atoms with Gasteiger partial charge in [-0.3, -0.25) is 19.4 Å². The maximum atomic E-state index is 12.3. The number of piperazine rings is 1.